The van der Waals surface area contributed by atoms with Crippen molar-refractivity contribution in [3.05, 3.63) is 131 Å². The number of carbonyl (C=O) groups is 2. The molecule has 0 unspecified atom stereocenters. The first kappa shape index (κ1) is 27.6. The van der Waals surface area contributed by atoms with Crippen molar-refractivity contribution in [2.24, 2.45) is 0 Å². The van der Waals surface area contributed by atoms with Gasteiger partial charge in [0, 0.05) is 18.0 Å². The summed E-state index contributed by atoms with van der Waals surface area (Å²) in [5.74, 6) is -1.23. The van der Waals surface area contributed by atoms with Crippen molar-refractivity contribution in [1.29, 1.82) is 5.26 Å². The second-order valence-corrected chi connectivity index (χ2v) is 9.82. The number of rotatable bonds is 8. The van der Waals surface area contributed by atoms with Crippen LogP contribution in [0, 0.1) is 11.5 Å². The van der Waals surface area contributed by atoms with Gasteiger partial charge in [0.1, 0.15) is 12.8 Å². The minimum Gasteiger partial charge on any atom is -0.453 e. The number of hydrogen-bond acceptors (Lipinski definition) is 7. The van der Waals surface area contributed by atoms with Crippen LogP contribution >= 0.6 is 0 Å². The zero-order chi connectivity index (χ0) is 28.8. The van der Waals surface area contributed by atoms with E-state index in [1.165, 1.54) is 0 Å². The quantitative estimate of drug-likeness (QED) is 0.134. The van der Waals surface area contributed by atoms with Gasteiger partial charge in [0.25, 0.3) is 0 Å². The van der Waals surface area contributed by atoms with Crippen molar-refractivity contribution in [3.63, 3.8) is 0 Å². The number of nitriles is 1. The summed E-state index contributed by atoms with van der Waals surface area (Å²) >= 11 is 0. The Bertz CT molecular complexity index is 1580. The van der Waals surface area contributed by atoms with Gasteiger partial charge in [-0.05, 0) is 48.9 Å². The van der Waals surface area contributed by atoms with E-state index in [0.29, 0.717) is 24.2 Å². The van der Waals surface area contributed by atoms with E-state index in [-0.39, 0.29) is 23.9 Å². The first-order valence-corrected chi connectivity index (χ1v) is 13.6. The van der Waals surface area contributed by atoms with Gasteiger partial charge in [0.2, 0.25) is 0 Å². The molecule has 1 heterocycles. The largest absolute Gasteiger partial charge is 0.453 e. The van der Waals surface area contributed by atoms with E-state index in [4.69, 9.17) is 9.47 Å². The Morgan fingerprint density at radius 2 is 1.49 bits per heavy atom. The molecule has 1 aliphatic heterocycles. The summed E-state index contributed by atoms with van der Waals surface area (Å²) in [6.45, 7) is 4.82. The summed E-state index contributed by atoms with van der Waals surface area (Å²) in [6, 6.07) is 31.6. The van der Waals surface area contributed by atoms with Gasteiger partial charge in [-0.15, -0.1) is 0 Å². The van der Waals surface area contributed by atoms with Gasteiger partial charge in [-0.3, -0.25) is 4.90 Å². The Morgan fingerprint density at radius 1 is 0.878 bits per heavy atom. The molecule has 41 heavy (non-hydrogen) atoms. The van der Waals surface area contributed by atoms with Crippen LogP contribution in [0.4, 0.5) is 11.4 Å². The zero-order valence-electron chi connectivity index (χ0n) is 23.1. The van der Waals surface area contributed by atoms with Crippen LogP contribution in [-0.2, 0) is 15.9 Å². The minimum absolute atomic E-state index is 0.0420. The van der Waals surface area contributed by atoms with E-state index >= 15 is 0 Å². The maximum absolute atomic E-state index is 13.6. The second kappa shape index (κ2) is 12.5. The van der Waals surface area contributed by atoms with Gasteiger partial charge in [-0.2, -0.15) is 5.26 Å². The van der Waals surface area contributed by atoms with Crippen LogP contribution in [0.2, 0.25) is 0 Å². The van der Waals surface area contributed by atoms with Crippen LogP contribution in [0.5, 0.6) is 0 Å². The molecule has 0 N–H and O–H groups in total. The van der Waals surface area contributed by atoms with Gasteiger partial charge in [-0.1, -0.05) is 85.8 Å². The molecule has 1 aliphatic rings. The van der Waals surface area contributed by atoms with E-state index < -0.39 is 18.0 Å². The molecule has 0 spiro atoms. The van der Waals surface area contributed by atoms with Crippen molar-refractivity contribution >= 4 is 23.3 Å². The highest BCUT2D eigenvalue weighted by atomic mass is 16.6. The van der Waals surface area contributed by atoms with Gasteiger partial charge in [0.05, 0.1) is 22.5 Å². The number of esters is 2. The molecule has 7 heteroatoms. The van der Waals surface area contributed by atoms with E-state index in [1.54, 1.807) is 29.2 Å². The molecule has 5 rings (SSSR count). The number of para-hydroxylation sites is 2. The fourth-order valence-electron chi connectivity index (χ4n) is 5.19. The summed E-state index contributed by atoms with van der Waals surface area (Å²) in [5.41, 5.74) is 4.38. The monoisotopic (exact) mass is 545 g/mol. The lowest BCUT2D eigenvalue weighted by atomic mass is 10.0. The van der Waals surface area contributed by atoms with Crippen molar-refractivity contribution < 1.29 is 19.1 Å². The topological polar surface area (TPSA) is 82.9 Å². The van der Waals surface area contributed by atoms with Crippen molar-refractivity contribution in [3.8, 4) is 6.19 Å². The maximum atomic E-state index is 13.6. The molecular weight excluding hydrogens is 514 g/mol. The lowest BCUT2D eigenvalue weighted by Crippen LogP contribution is -2.31. The number of anilines is 2. The third-order valence-electron chi connectivity index (χ3n) is 7.48. The molecular formula is C34H31N3O4. The first-order chi connectivity index (χ1) is 20.0. The number of ether oxygens (including phenoxy) is 2. The summed E-state index contributed by atoms with van der Waals surface area (Å²) < 4.78 is 11.8. The summed E-state index contributed by atoms with van der Waals surface area (Å²) in [4.78, 5) is 30.4. The third kappa shape index (κ3) is 5.84. The number of nitrogens with zero attached hydrogens (tertiary/aromatic N) is 3. The van der Waals surface area contributed by atoms with Crippen molar-refractivity contribution in [1.82, 2.24) is 4.90 Å². The molecule has 7 nitrogen and oxygen atoms in total. The molecule has 0 aromatic heterocycles. The molecule has 2 atom stereocenters. The van der Waals surface area contributed by atoms with Gasteiger partial charge >= 0.3 is 11.9 Å². The van der Waals surface area contributed by atoms with Crippen LogP contribution < -0.4 is 4.90 Å². The average Bonchev–Trinajstić information content (AvgIpc) is 3.15. The Labute approximate surface area is 240 Å². The molecule has 0 fully saturated rings. The standard InChI is InChI=1S/C34H31N3O4/c1-3-36(24(2)25-13-5-4-6-14-25)23-40-33(38)27-16-8-9-17-28(27)34(39)41-32-21-26-15-7-11-19-30(26)37(22-35)31-20-12-10-18-29(31)32/h4-20,24,32H,3,21,23H2,1-2H3/t24-,32+/m0/s1. The maximum Gasteiger partial charge on any atom is 0.340 e. The highest BCUT2D eigenvalue weighted by Gasteiger charge is 2.30. The lowest BCUT2D eigenvalue weighted by molar-refractivity contribution is 0.0118. The number of carbonyl (C=O) groups excluding carboxylic acids is 2. The van der Waals surface area contributed by atoms with Crippen LogP contribution in [0.1, 0.15) is 63.4 Å². The van der Waals surface area contributed by atoms with Gasteiger partial charge < -0.3 is 9.47 Å². The fourth-order valence-corrected chi connectivity index (χ4v) is 5.19. The third-order valence-corrected chi connectivity index (χ3v) is 7.48. The minimum atomic E-state index is -0.662. The van der Waals surface area contributed by atoms with Crippen LogP contribution in [0.25, 0.3) is 0 Å². The molecule has 0 aliphatic carbocycles. The fraction of sp³-hybridized carbons (Fsp3) is 0.206. The average molecular weight is 546 g/mol. The molecule has 0 saturated carbocycles. The number of fused-ring (bicyclic) bond motifs is 2. The van der Waals surface area contributed by atoms with Crippen molar-refractivity contribution in [2.45, 2.75) is 32.4 Å². The molecule has 4 aromatic carbocycles. The van der Waals surface area contributed by atoms with Crippen LogP contribution in [-0.4, -0.2) is 30.1 Å². The number of benzene rings is 4. The Morgan fingerprint density at radius 3 is 2.20 bits per heavy atom. The molecule has 0 saturated heterocycles. The molecule has 4 aromatic rings. The SMILES string of the molecule is CCN(COC(=O)c1ccccc1C(=O)O[C@@H]1Cc2ccccc2N(C#N)c2ccccc21)[C@@H](C)c1ccccc1. The lowest BCUT2D eigenvalue weighted by Gasteiger charge is -2.27. The predicted molar refractivity (Wildman–Crippen MR) is 156 cm³/mol. The van der Waals surface area contributed by atoms with E-state index in [2.05, 4.69) is 13.1 Å². The number of hydrogen-bond donors (Lipinski definition) is 0. The van der Waals surface area contributed by atoms with E-state index in [1.807, 2.05) is 90.7 Å². The molecule has 206 valence electrons. The Hall–Kier alpha value is -4.93. The first-order valence-electron chi connectivity index (χ1n) is 13.6. The normalized spacial score (nSPS) is 14.7. The Kier molecular flexibility index (Phi) is 8.42. The second-order valence-electron chi connectivity index (χ2n) is 9.82. The summed E-state index contributed by atoms with van der Waals surface area (Å²) in [5, 5.41) is 9.97. The molecule has 0 amide bonds. The van der Waals surface area contributed by atoms with Crippen molar-refractivity contribution in [2.75, 3.05) is 18.2 Å². The van der Waals surface area contributed by atoms with E-state index in [0.717, 1.165) is 16.8 Å². The van der Waals surface area contributed by atoms with Crippen LogP contribution in [0.3, 0.4) is 0 Å². The smallest absolute Gasteiger partial charge is 0.340 e. The highest BCUT2D eigenvalue weighted by Crippen LogP contribution is 2.41. The molecule has 0 bridgehead atoms. The highest BCUT2D eigenvalue weighted by molar-refractivity contribution is 6.03. The summed E-state index contributed by atoms with van der Waals surface area (Å²) in [7, 11) is 0. The van der Waals surface area contributed by atoms with E-state index in [9.17, 15) is 14.9 Å². The Balaban J connectivity index is 1.36. The van der Waals surface area contributed by atoms with Crippen LogP contribution in [0.15, 0.2) is 103 Å². The van der Waals surface area contributed by atoms with Gasteiger partial charge in [0.15, 0.2) is 6.19 Å². The van der Waals surface area contributed by atoms with Gasteiger partial charge in [-0.25, -0.2) is 14.5 Å². The molecule has 0 radical (unpaired) electrons. The summed E-state index contributed by atoms with van der Waals surface area (Å²) in [6.07, 6.45) is 1.98. The predicted octanol–water partition coefficient (Wildman–Crippen LogP) is 6.96. The zero-order valence-corrected chi connectivity index (χ0v) is 23.1.